The van der Waals surface area contributed by atoms with E-state index in [9.17, 15) is 4.21 Å². The number of rotatable bonds is 1. The Morgan fingerprint density at radius 1 is 1.31 bits per heavy atom. The van der Waals surface area contributed by atoms with Crippen molar-refractivity contribution < 1.29 is 4.21 Å². The highest BCUT2D eigenvalue weighted by atomic mass is 32.2. The molecular weight excluding hydrogens is 182 g/mol. The molecule has 0 saturated carbocycles. The van der Waals surface area contributed by atoms with Gasteiger partial charge in [-0.1, -0.05) is 17.7 Å². The summed E-state index contributed by atoms with van der Waals surface area (Å²) < 4.78 is 15.8. The van der Waals surface area contributed by atoms with E-state index in [4.69, 9.17) is 0 Å². The highest BCUT2D eigenvalue weighted by Crippen LogP contribution is 2.17. The second-order valence-corrected chi connectivity index (χ2v) is 5.66. The van der Waals surface area contributed by atoms with E-state index in [2.05, 4.69) is 4.36 Å². The molecule has 0 aliphatic carbocycles. The Bertz CT molecular complexity index is 429. The maximum absolute atomic E-state index is 11.9. The first-order valence-electron chi connectivity index (χ1n) is 4.15. The zero-order valence-electron chi connectivity index (χ0n) is 8.50. The van der Waals surface area contributed by atoms with Crippen LogP contribution in [0, 0.1) is 13.8 Å². The molecule has 3 heteroatoms. The van der Waals surface area contributed by atoms with Crippen LogP contribution in [0.4, 0.5) is 0 Å². The van der Waals surface area contributed by atoms with Crippen LogP contribution in [0.5, 0.6) is 0 Å². The zero-order valence-corrected chi connectivity index (χ0v) is 9.31. The van der Waals surface area contributed by atoms with Crippen LogP contribution in [0.1, 0.15) is 11.1 Å². The maximum Gasteiger partial charge on any atom is 0.0722 e. The molecule has 0 amide bonds. The van der Waals surface area contributed by atoms with Crippen molar-refractivity contribution in [1.29, 1.82) is 0 Å². The number of benzene rings is 1. The lowest BCUT2D eigenvalue weighted by Gasteiger charge is -2.07. The van der Waals surface area contributed by atoms with Crippen LogP contribution in [-0.2, 0) is 9.73 Å². The molecule has 0 aromatic heterocycles. The van der Waals surface area contributed by atoms with Gasteiger partial charge in [0.2, 0.25) is 0 Å². The van der Waals surface area contributed by atoms with Crippen molar-refractivity contribution >= 4 is 9.73 Å². The van der Waals surface area contributed by atoms with Crippen LogP contribution in [0.2, 0.25) is 0 Å². The van der Waals surface area contributed by atoms with Crippen molar-refractivity contribution in [1.82, 2.24) is 0 Å². The Labute approximate surface area is 80.2 Å². The minimum atomic E-state index is -2.17. The highest BCUT2D eigenvalue weighted by molar-refractivity contribution is 7.93. The summed E-state index contributed by atoms with van der Waals surface area (Å²) in [5.74, 6) is 0. The van der Waals surface area contributed by atoms with Crippen LogP contribution < -0.4 is 0 Å². The fourth-order valence-electron chi connectivity index (χ4n) is 1.32. The van der Waals surface area contributed by atoms with Crippen LogP contribution in [0.3, 0.4) is 0 Å². The van der Waals surface area contributed by atoms with Gasteiger partial charge in [-0.2, -0.15) is 0 Å². The summed E-state index contributed by atoms with van der Waals surface area (Å²) in [6.45, 7) is 3.99. The number of aryl methyl sites for hydroxylation is 2. The molecule has 0 unspecified atom stereocenters. The minimum absolute atomic E-state index is 0.848. The standard InChI is InChI=1S/C10H15NOS/c1-8-5-6-10(9(2)7-8)13(4,12)11-3/h5-7H,1-4H3/t13-/m1/s1. The number of nitrogens with zero attached hydrogens (tertiary/aromatic N) is 1. The third-order valence-corrected chi connectivity index (χ3v) is 4.06. The summed E-state index contributed by atoms with van der Waals surface area (Å²) in [5.41, 5.74) is 2.24. The molecule has 0 aliphatic rings. The summed E-state index contributed by atoms with van der Waals surface area (Å²) >= 11 is 0. The van der Waals surface area contributed by atoms with Crippen molar-refractivity contribution in [2.75, 3.05) is 13.3 Å². The van der Waals surface area contributed by atoms with E-state index in [1.807, 2.05) is 32.0 Å². The Balaban J connectivity index is 3.42. The number of hydrogen-bond donors (Lipinski definition) is 0. The summed E-state index contributed by atoms with van der Waals surface area (Å²) in [7, 11) is -0.572. The van der Waals surface area contributed by atoms with Gasteiger partial charge in [0.05, 0.1) is 14.6 Å². The van der Waals surface area contributed by atoms with Gasteiger partial charge in [0, 0.05) is 13.3 Å². The highest BCUT2D eigenvalue weighted by Gasteiger charge is 2.07. The Morgan fingerprint density at radius 2 is 1.92 bits per heavy atom. The van der Waals surface area contributed by atoms with E-state index in [0.29, 0.717) is 0 Å². The molecule has 0 spiro atoms. The fourth-order valence-corrected chi connectivity index (χ4v) is 2.50. The molecule has 0 aliphatic heterocycles. The van der Waals surface area contributed by atoms with Gasteiger partial charge < -0.3 is 0 Å². The van der Waals surface area contributed by atoms with Gasteiger partial charge in [0.25, 0.3) is 0 Å². The lowest BCUT2D eigenvalue weighted by Crippen LogP contribution is -1.99. The summed E-state index contributed by atoms with van der Waals surface area (Å²) in [4.78, 5) is 0.848. The first kappa shape index (κ1) is 10.3. The number of hydrogen-bond acceptors (Lipinski definition) is 2. The molecule has 13 heavy (non-hydrogen) atoms. The summed E-state index contributed by atoms with van der Waals surface area (Å²) in [6.07, 6.45) is 1.67. The minimum Gasteiger partial charge on any atom is -0.245 e. The quantitative estimate of drug-likeness (QED) is 0.679. The first-order valence-corrected chi connectivity index (χ1v) is 6.07. The molecule has 0 heterocycles. The zero-order chi connectivity index (χ0) is 10.1. The van der Waals surface area contributed by atoms with Crippen LogP contribution in [0.15, 0.2) is 27.5 Å². The lowest BCUT2D eigenvalue weighted by molar-refractivity contribution is 0.679. The van der Waals surface area contributed by atoms with E-state index < -0.39 is 9.73 Å². The molecule has 1 aromatic carbocycles. The van der Waals surface area contributed by atoms with Crippen LogP contribution in [0.25, 0.3) is 0 Å². The monoisotopic (exact) mass is 197 g/mol. The van der Waals surface area contributed by atoms with Gasteiger partial charge in [0.15, 0.2) is 0 Å². The SMILES string of the molecule is CN=[S@](C)(=O)c1ccc(C)cc1C. The molecule has 2 nitrogen and oxygen atoms in total. The average Bonchev–Trinajstić information content (AvgIpc) is 2.03. The molecule has 1 atom stereocenters. The molecule has 1 rings (SSSR count). The van der Waals surface area contributed by atoms with Crippen molar-refractivity contribution in [2.24, 2.45) is 4.36 Å². The molecule has 72 valence electrons. The first-order chi connectivity index (χ1) is 5.97. The predicted octanol–water partition coefficient (Wildman–Crippen LogP) is 2.39. The van der Waals surface area contributed by atoms with E-state index in [1.54, 1.807) is 13.3 Å². The second kappa shape index (κ2) is 3.50. The lowest BCUT2D eigenvalue weighted by atomic mass is 10.2. The van der Waals surface area contributed by atoms with E-state index in [-0.39, 0.29) is 0 Å². The normalized spacial score (nSPS) is 15.1. The summed E-state index contributed by atoms with van der Waals surface area (Å²) in [5, 5.41) is 0. The van der Waals surface area contributed by atoms with E-state index in [1.165, 1.54) is 5.56 Å². The molecular formula is C10H15NOS. The van der Waals surface area contributed by atoms with Gasteiger partial charge in [-0.3, -0.25) is 0 Å². The molecule has 0 fully saturated rings. The topological polar surface area (TPSA) is 29.4 Å². The summed E-state index contributed by atoms with van der Waals surface area (Å²) in [6, 6.07) is 5.90. The maximum atomic E-state index is 11.9. The fraction of sp³-hybridized carbons (Fsp3) is 0.400. The molecule has 0 bridgehead atoms. The van der Waals surface area contributed by atoms with Crippen molar-refractivity contribution in [3.8, 4) is 0 Å². The van der Waals surface area contributed by atoms with Crippen LogP contribution >= 0.6 is 0 Å². The Morgan fingerprint density at radius 3 is 2.38 bits per heavy atom. The third kappa shape index (κ3) is 2.10. The van der Waals surface area contributed by atoms with Gasteiger partial charge in [0.1, 0.15) is 0 Å². The van der Waals surface area contributed by atoms with Crippen molar-refractivity contribution in [3.05, 3.63) is 29.3 Å². The van der Waals surface area contributed by atoms with Gasteiger partial charge >= 0.3 is 0 Å². The third-order valence-electron chi connectivity index (χ3n) is 2.09. The molecule has 1 aromatic rings. The molecule has 0 N–H and O–H groups in total. The Kier molecular flexibility index (Phi) is 2.76. The molecule has 0 saturated heterocycles. The largest absolute Gasteiger partial charge is 0.245 e. The van der Waals surface area contributed by atoms with Gasteiger partial charge in [-0.15, -0.1) is 0 Å². The molecule has 0 radical (unpaired) electrons. The smallest absolute Gasteiger partial charge is 0.0722 e. The van der Waals surface area contributed by atoms with E-state index in [0.717, 1.165) is 10.5 Å². The second-order valence-electron chi connectivity index (χ2n) is 3.25. The van der Waals surface area contributed by atoms with Crippen LogP contribution in [-0.4, -0.2) is 17.5 Å². The van der Waals surface area contributed by atoms with Gasteiger partial charge in [-0.25, -0.2) is 8.57 Å². The van der Waals surface area contributed by atoms with Gasteiger partial charge in [-0.05, 0) is 25.5 Å². The van der Waals surface area contributed by atoms with E-state index >= 15 is 0 Å². The van der Waals surface area contributed by atoms with Crippen molar-refractivity contribution in [3.63, 3.8) is 0 Å². The van der Waals surface area contributed by atoms with Crippen molar-refractivity contribution in [2.45, 2.75) is 18.7 Å². The predicted molar refractivity (Wildman–Crippen MR) is 56.6 cm³/mol. The Hall–Kier alpha value is -0.830. The average molecular weight is 197 g/mol.